The molecule has 0 radical (unpaired) electrons. The number of anilines is 1. The molecule has 2 rings (SSSR count). The van der Waals surface area contributed by atoms with E-state index in [9.17, 15) is 4.79 Å². The van der Waals surface area contributed by atoms with Gasteiger partial charge in [0.2, 0.25) is 5.91 Å². The Bertz CT molecular complexity index is 862. The molecule has 1 amide bonds. The van der Waals surface area contributed by atoms with Gasteiger partial charge in [-0.25, -0.2) is 4.99 Å². The lowest BCUT2D eigenvalue weighted by Gasteiger charge is -2.18. The number of benzene rings is 2. The molecule has 2 aromatic rings. The lowest BCUT2D eigenvalue weighted by atomic mass is 10.2. The smallest absolute Gasteiger partial charge is 0.221 e. The molecule has 2 aromatic carbocycles. The number of aliphatic imine (C=N–C) groups is 1. The van der Waals surface area contributed by atoms with Gasteiger partial charge in [-0.05, 0) is 55.8 Å². The molecule has 0 aromatic heterocycles. The molecule has 170 valence electrons. The summed E-state index contributed by atoms with van der Waals surface area (Å²) < 4.78 is 11.2. The van der Waals surface area contributed by atoms with Gasteiger partial charge in [-0.1, -0.05) is 17.7 Å². The first-order chi connectivity index (χ1) is 14.4. The molecule has 1 atom stereocenters. The molecular formula is C22H30ClIN4O3. The highest BCUT2D eigenvalue weighted by atomic mass is 127. The zero-order valence-electron chi connectivity index (χ0n) is 18.2. The molecule has 0 saturated heterocycles. The predicted molar refractivity (Wildman–Crippen MR) is 137 cm³/mol. The second kappa shape index (κ2) is 14.0. The van der Waals surface area contributed by atoms with Crippen LogP contribution in [0, 0.1) is 0 Å². The van der Waals surface area contributed by atoms with Crippen LogP contribution < -0.4 is 25.4 Å². The third kappa shape index (κ3) is 9.65. The molecular weight excluding hydrogens is 531 g/mol. The van der Waals surface area contributed by atoms with Crippen molar-refractivity contribution in [1.82, 2.24) is 10.6 Å². The minimum absolute atomic E-state index is 0. The van der Waals surface area contributed by atoms with Gasteiger partial charge < -0.3 is 25.4 Å². The quantitative estimate of drug-likeness (QED) is 0.240. The molecule has 7 nitrogen and oxygen atoms in total. The summed E-state index contributed by atoms with van der Waals surface area (Å²) in [7, 11) is 1.57. The molecule has 9 heteroatoms. The minimum Gasteiger partial charge on any atom is -0.495 e. The number of guanidine groups is 1. The fourth-order valence-corrected chi connectivity index (χ4v) is 2.81. The third-order valence-electron chi connectivity index (χ3n) is 4.05. The average Bonchev–Trinajstić information content (AvgIpc) is 2.71. The van der Waals surface area contributed by atoms with Crippen LogP contribution in [0.25, 0.3) is 0 Å². The Morgan fingerprint density at radius 2 is 1.87 bits per heavy atom. The van der Waals surface area contributed by atoms with Crippen molar-refractivity contribution < 1.29 is 14.3 Å². The van der Waals surface area contributed by atoms with Gasteiger partial charge in [-0.3, -0.25) is 4.79 Å². The van der Waals surface area contributed by atoms with Crippen molar-refractivity contribution in [3.8, 4) is 11.5 Å². The van der Waals surface area contributed by atoms with Gasteiger partial charge >= 0.3 is 0 Å². The fraction of sp³-hybridized carbons (Fsp3) is 0.364. The minimum atomic E-state index is -0.154. The van der Waals surface area contributed by atoms with Crippen molar-refractivity contribution in [2.75, 3.05) is 25.5 Å². The molecule has 0 heterocycles. The summed E-state index contributed by atoms with van der Waals surface area (Å²) in [6.45, 7) is 7.21. The van der Waals surface area contributed by atoms with Crippen molar-refractivity contribution >= 4 is 53.1 Å². The van der Waals surface area contributed by atoms with Gasteiger partial charge in [0.25, 0.3) is 0 Å². The topological polar surface area (TPSA) is 84.0 Å². The summed E-state index contributed by atoms with van der Waals surface area (Å²) in [5.74, 6) is 1.90. The first-order valence-corrected chi connectivity index (χ1v) is 10.2. The maximum atomic E-state index is 11.4. The number of carbonyl (C=O) groups is 1. The standard InChI is InChI=1S/C22H29ClN4O3.HI/c1-5-24-22(25-13-15(2)30-19-9-7-18(23)8-10-19)26-14-17-6-11-21(29-4)20(12-17)27-16(3)28;/h6-12,15H,5,13-14H2,1-4H3,(H,27,28)(H2,24,25,26);1H. The van der Waals surface area contributed by atoms with Crippen LogP contribution in [0.4, 0.5) is 5.69 Å². The molecule has 3 N–H and O–H groups in total. The number of nitrogens with zero attached hydrogens (tertiary/aromatic N) is 1. The zero-order valence-corrected chi connectivity index (χ0v) is 21.3. The first kappa shape index (κ1) is 26.8. The number of carbonyl (C=O) groups excluding carboxylic acids is 1. The Balaban J connectivity index is 0.00000480. The van der Waals surface area contributed by atoms with Crippen molar-refractivity contribution in [1.29, 1.82) is 0 Å². The SMILES string of the molecule is CCNC(=NCc1ccc(OC)c(NC(C)=O)c1)NCC(C)Oc1ccc(Cl)cc1.I. The summed E-state index contributed by atoms with van der Waals surface area (Å²) in [5.41, 5.74) is 1.57. The van der Waals surface area contributed by atoms with Crippen LogP contribution >= 0.6 is 35.6 Å². The Hall–Kier alpha value is -2.20. The molecule has 0 fully saturated rings. The molecule has 1 unspecified atom stereocenters. The molecule has 31 heavy (non-hydrogen) atoms. The van der Waals surface area contributed by atoms with E-state index in [-0.39, 0.29) is 36.0 Å². The Kier molecular flexibility index (Phi) is 12.1. The second-order valence-corrected chi connectivity index (χ2v) is 7.11. The van der Waals surface area contributed by atoms with Crippen LogP contribution in [0.5, 0.6) is 11.5 Å². The fourth-order valence-electron chi connectivity index (χ4n) is 2.68. The Morgan fingerprint density at radius 3 is 2.48 bits per heavy atom. The molecule has 0 aliphatic heterocycles. The van der Waals surface area contributed by atoms with Gasteiger partial charge in [0.15, 0.2) is 5.96 Å². The van der Waals surface area contributed by atoms with Crippen LogP contribution in [0.2, 0.25) is 5.02 Å². The lowest BCUT2D eigenvalue weighted by molar-refractivity contribution is -0.114. The number of ether oxygens (including phenoxy) is 2. The van der Waals surface area contributed by atoms with Gasteiger partial charge in [0.1, 0.15) is 17.6 Å². The molecule has 0 aliphatic rings. The van der Waals surface area contributed by atoms with Crippen molar-refractivity contribution in [2.45, 2.75) is 33.4 Å². The van der Waals surface area contributed by atoms with Gasteiger partial charge in [-0.15, -0.1) is 24.0 Å². The molecule has 0 bridgehead atoms. The highest BCUT2D eigenvalue weighted by molar-refractivity contribution is 14.0. The van der Waals surface area contributed by atoms with E-state index < -0.39 is 0 Å². The monoisotopic (exact) mass is 560 g/mol. The number of methoxy groups -OCH3 is 1. The summed E-state index contributed by atoms with van der Waals surface area (Å²) in [5, 5.41) is 9.96. The normalized spacial score (nSPS) is 11.7. The van der Waals surface area contributed by atoms with E-state index in [4.69, 9.17) is 21.1 Å². The maximum Gasteiger partial charge on any atom is 0.221 e. The van der Waals surface area contributed by atoms with Gasteiger partial charge in [-0.2, -0.15) is 0 Å². The summed E-state index contributed by atoms with van der Waals surface area (Å²) in [6, 6.07) is 12.9. The highest BCUT2D eigenvalue weighted by Crippen LogP contribution is 2.25. The number of rotatable bonds is 9. The first-order valence-electron chi connectivity index (χ1n) is 9.80. The van der Waals surface area contributed by atoms with Gasteiger partial charge in [0, 0.05) is 18.5 Å². The van der Waals surface area contributed by atoms with E-state index in [2.05, 4.69) is 20.9 Å². The van der Waals surface area contributed by atoms with Crippen LogP contribution in [0.3, 0.4) is 0 Å². The van der Waals surface area contributed by atoms with E-state index >= 15 is 0 Å². The van der Waals surface area contributed by atoms with Crippen LogP contribution in [-0.4, -0.2) is 38.2 Å². The number of hydrogen-bond acceptors (Lipinski definition) is 4. The van der Waals surface area contributed by atoms with E-state index in [1.807, 2.05) is 44.2 Å². The van der Waals surface area contributed by atoms with Gasteiger partial charge in [0.05, 0.1) is 25.9 Å². The van der Waals surface area contributed by atoms with E-state index in [1.165, 1.54) is 6.92 Å². The zero-order chi connectivity index (χ0) is 21.9. The predicted octanol–water partition coefficient (Wildman–Crippen LogP) is 4.45. The Labute approximate surface area is 206 Å². The summed E-state index contributed by atoms with van der Waals surface area (Å²) in [4.78, 5) is 16.0. The lowest BCUT2D eigenvalue weighted by Crippen LogP contribution is -2.41. The van der Waals surface area contributed by atoms with E-state index in [1.54, 1.807) is 19.2 Å². The van der Waals surface area contributed by atoms with E-state index in [0.29, 0.717) is 35.5 Å². The molecule has 0 saturated carbocycles. The number of halogens is 2. The Morgan fingerprint density at radius 1 is 1.16 bits per heavy atom. The molecule has 0 spiro atoms. The number of hydrogen-bond donors (Lipinski definition) is 3. The number of nitrogens with one attached hydrogen (secondary N) is 3. The average molecular weight is 561 g/mol. The van der Waals surface area contributed by atoms with Crippen LogP contribution in [0.15, 0.2) is 47.5 Å². The largest absolute Gasteiger partial charge is 0.495 e. The van der Waals surface area contributed by atoms with E-state index in [0.717, 1.165) is 17.9 Å². The molecule has 0 aliphatic carbocycles. The third-order valence-corrected chi connectivity index (χ3v) is 4.30. The number of amides is 1. The summed E-state index contributed by atoms with van der Waals surface area (Å²) in [6.07, 6.45) is -0.0672. The highest BCUT2D eigenvalue weighted by Gasteiger charge is 2.08. The van der Waals surface area contributed by atoms with Crippen LogP contribution in [-0.2, 0) is 11.3 Å². The van der Waals surface area contributed by atoms with Crippen molar-refractivity contribution in [2.24, 2.45) is 4.99 Å². The van der Waals surface area contributed by atoms with Crippen molar-refractivity contribution in [3.05, 3.63) is 53.1 Å². The second-order valence-electron chi connectivity index (χ2n) is 6.67. The van der Waals surface area contributed by atoms with Crippen molar-refractivity contribution in [3.63, 3.8) is 0 Å². The van der Waals surface area contributed by atoms with Crippen LogP contribution in [0.1, 0.15) is 26.3 Å². The maximum absolute atomic E-state index is 11.4. The summed E-state index contributed by atoms with van der Waals surface area (Å²) >= 11 is 5.90.